The van der Waals surface area contributed by atoms with Crippen molar-refractivity contribution < 1.29 is 19.1 Å². The van der Waals surface area contributed by atoms with E-state index in [1.165, 1.54) is 4.90 Å². The topological polar surface area (TPSA) is 83.6 Å². The Labute approximate surface area is 109 Å². The van der Waals surface area contributed by atoms with E-state index in [0.717, 1.165) is 6.39 Å². The molecule has 2 aromatic rings. The van der Waals surface area contributed by atoms with Gasteiger partial charge >= 0.3 is 5.97 Å². The van der Waals surface area contributed by atoms with Crippen molar-refractivity contribution in [3.8, 4) is 11.3 Å². The van der Waals surface area contributed by atoms with E-state index in [4.69, 9.17) is 9.52 Å². The van der Waals surface area contributed by atoms with Crippen molar-refractivity contribution in [2.24, 2.45) is 0 Å². The largest absolute Gasteiger partial charge is 0.475 e. The molecule has 1 aromatic carbocycles. The van der Waals surface area contributed by atoms with E-state index in [-0.39, 0.29) is 17.4 Å². The normalized spacial score (nSPS) is 10.2. The number of oxazole rings is 1. The van der Waals surface area contributed by atoms with Crippen LogP contribution < -0.4 is 0 Å². The van der Waals surface area contributed by atoms with Crippen LogP contribution in [0.15, 0.2) is 35.1 Å². The predicted molar refractivity (Wildman–Crippen MR) is 66.9 cm³/mol. The smallest absolute Gasteiger partial charge is 0.374 e. The number of amides is 1. The molecular formula is C13H12N2O4. The number of aromatic nitrogens is 1. The van der Waals surface area contributed by atoms with Gasteiger partial charge in [0.2, 0.25) is 5.76 Å². The molecule has 0 aliphatic carbocycles. The SMILES string of the molecule is CN(C)C(=O)c1ccc(-c2ncoc2C(=O)O)cc1. The minimum atomic E-state index is -1.18. The molecule has 1 aromatic heterocycles. The first-order valence-corrected chi connectivity index (χ1v) is 5.49. The first-order valence-electron chi connectivity index (χ1n) is 5.49. The number of carboxylic acids is 1. The zero-order chi connectivity index (χ0) is 14.0. The maximum atomic E-state index is 11.7. The van der Waals surface area contributed by atoms with Crippen molar-refractivity contribution in [2.75, 3.05) is 14.1 Å². The van der Waals surface area contributed by atoms with Gasteiger partial charge in [-0.3, -0.25) is 4.79 Å². The highest BCUT2D eigenvalue weighted by Crippen LogP contribution is 2.22. The average Bonchev–Trinajstić information content (AvgIpc) is 2.87. The van der Waals surface area contributed by atoms with Gasteiger partial charge in [0.15, 0.2) is 6.39 Å². The van der Waals surface area contributed by atoms with E-state index in [0.29, 0.717) is 11.1 Å². The standard InChI is InChI=1S/C13H12N2O4/c1-15(2)12(16)9-5-3-8(4-6-9)10-11(13(17)18)19-7-14-10/h3-7H,1-2H3,(H,17,18). The maximum absolute atomic E-state index is 11.7. The zero-order valence-electron chi connectivity index (χ0n) is 10.5. The molecule has 0 bridgehead atoms. The van der Waals surface area contributed by atoms with Crippen LogP contribution in [0.4, 0.5) is 0 Å². The lowest BCUT2D eigenvalue weighted by Crippen LogP contribution is -2.21. The van der Waals surface area contributed by atoms with Gasteiger partial charge in [0.1, 0.15) is 5.69 Å². The summed E-state index contributed by atoms with van der Waals surface area (Å²) >= 11 is 0. The fourth-order valence-corrected chi connectivity index (χ4v) is 1.63. The Morgan fingerprint density at radius 3 is 2.37 bits per heavy atom. The summed E-state index contributed by atoms with van der Waals surface area (Å²) in [6.07, 6.45) is 1.08. The lowest BCUT2D eigenvalue weighted by Gasteiger charge is -2.10. The molecule has 0 aliphatic heterocycles. The van der Waals surface area contributed by atoms with Crippen LogP contribution in [0.3, 0.4) is 0 Å². The molecule has 0 saturated carbocycles. The number of rotatable bonds is 3. The number of carbonyl (C=O) groups excluding carboxylic acids is 1. The second-order valence-corrected chi connectivity index (χ2v) is 4.11. The molecule has 6 nitrogen and oxygen atoms in total. The predicted octanol–water partition coefficient (Wildman–Crippen LogP) is 1.74. The summed E-state index contributed by atoms with van der Waals surface area (Å²) in [4.78, 5) is 28.0. The number of carboxylic acid groups (broad SMARTS) is 1. The fourth-order valence-electron chi connectivity index (χ4n) is 1.63. The summed E-state index contributed by atoms with van der Waals surface area (Å²) in [6.45, 7) is 0. The van der Waals surface area contributed by atoms with Crippen molar-refractivity contribution in [3.05, 3.63) is 42.0 Å². The number of hydrogen-bond acceptors (Lipinski definition) is 4. The molecule has 98 valence electrons. The summed E-state index contributed by atoms with van der Waals surface area (Å²) in [6, 6.07) is 6.53. The first kappa shape index (κ1) is 12.8. The summed E-state index contributed by atoms with van der Waals surface area (Å²) in [5.41, 5.74) is 1.35. The van der Waals surface area contributed by atoms with Gasteiger partial charge in [-0.2, -0.15) is 0 Å². The van der Waals surface area contributed by atoms with Gasteiger partial charge in [0, 0.05) is 25.2 Å². The Hall–Kier alpha value is -2.63. The van der Waals surface area contributed by atoms with Gasteiger partial charge in [-0.15, -0.1) is 0 Å². The Kier molecular flexibility index (Phi) is 3.33. The molecule has 0 atom stereocenters. The van der Waals surface area contributed by atoms with E-state index in [1.54, 1.807) is 38.4 Å². The molecule has 0 unspecified atom stereocenters. The highest BCUT2D eigenvalue weighted by atomic mass is 16.4. The van der Waals surface area contributed by atoms with E-state index in [9.17, 15) is 9.59 Å². The molecule has 1 N–H and O–H groups in total. The van der Waals surface area contributed by atoms with Crippen molar-refractivity contribution in [1.82, 2.24) is 9.88 Å². The molecule has 2 rings (SSSR count). The van der Waals surface area contributed by atoms with Gasteiger partial charge < -0.3 is 14.4 Å². The molecule has 0 spiro atoms. The summed E-state index contributed by atoms with van der Waals surface area (Å²) in [5.74, 6) is -1.52. The Bertz CT molecular complexity index is 614. The number of nitrogens with zero attached hydrogens (tertiary/aromatic N) is 2. The summed E-state index contributed by atoms with van der Waals surface area (Å²) < 4.78 is 4.81. The summed E-state index contributed by atoms with van der Waals surface area (Å²) in [7, 11) is 3.33. The van der Waals surface area contributed by atoms with E-state index >= 15 is 0 Å². The van der Waals surface area contributed by atoms with Crippen LogP contribution in [-0.2, 0) is 0 Å². The van der Waals surface area contributed by atoms with Crippen LogP contribution in [0.1, 0.15) is 20.9 Å². The lowest BCUT2D eigenvalue weighted by molar-refractivity contribution is 0.0663. The maximum Gasteiger partial charge on any atom is 0.374 e. The summed E-state index contributed by atoms with van der Waals surface area (Å²) in [5, 5.41) is 8.94. The molecule has 0 radical (unpaired) electrons. The lowest BCUT2D eigenvalue weighted by atomic mass is 10.1. The van der Waals surface area contributed by atoms with Gasteiger partial charge in [-0.1, -0.05) is 12.1 Å². The Morgan fingerprint density at radius 2 is 1.84 bits per heavy atom. The van der Waals surface area contributed by atoms with Crippen LogP contribution in [0, 0.1) is 0 Å². The van der Waals surface area contributed by atoms with Gasteiger partial charge in [0.25, 0.3) is 5.91 Å². The third kappa shape index (κ3) is 2.47. The molecule has 1 amide bonds. The van der Waals surface area contributed by atoms with Gasteiger partial charge in [0.05, 0.1) is 0 Å². The monoisotopic (exact) mass is 260 g/mol. The van der Waals surface area contributed by atoms with Crippen molar-refractivity contribution in [1.29, 1.82) is 0 Å². The van der Waals surface area contributed by atoms with Crippen LogP contribution in [0.5, 0.6) is 0 Å². The van der Waals surface area contributed by atoms with E-state index < -0.39 is 5.97 Å². The second-order valence-electron chi connectivity index (χ2n) is 4.11. The molecule has 0 aliphatic rings. The molecule has 6 heteroatoms. The van der Waals surface area contributed by atoms with Gasteiger partial charge in [-0.05, 0) is 12.1 Å². The third-order valence-corrected chi connectivity index (χ3v) is 2.57. The minimum Gasteiger partial charge on any atom is -0.475 e. The first-order chi connectivity index (χ1) is 9.00. The molecule has 1 heterocycles. The Balaban J connectivity index is 2.35. The number of aromatic carboxylic acids is 1. The zero-order valence-corrected chi connectivity index (χ0v) is 10.5. The molecule has 0 fully saturated rings. The van der Waals surface area contributed by atoms with Crippen LogP contribution in [-0.4, -0.2) is 41.0 Å². The number of hydrogen-bond donors (Lipinski definition) is 1. The third-order valence-electron chi connectivity index (χ3n) is 2.57. The number of carbonyl (C=O) groups is 2. The van der Waals surface area contributed by atoms with E-state index in [1.807, 2.05) is 0 Å². The van der Waals surface area contributed by atoms with Crippen LogP contribution >= 0.6 is 0 Å². The molecular weight excluding hydrogens is 248 g/mol. The van der Waals surface area contributed by atoms with Crippen LogP contribution in [0.2, 0.25) is 0 Å². The van der Waals surface area contributed by atoms with Crippen molar-refractivity contribution in [2.45, 2.75) is 0 Å². The average molecular weight is 260 g/mol. The van der Waals surface area contributed by atoms with Crippen molar-refractivity contribution >= 4 is 11.9 Å². The highest BCUT2D eigenvalue weighted by molar-refractivity contribution is 5.95. The van der Waals surface area contributed by atoms with Gasteiger partial charge in [-0.25, -0.2) is 9.78 Å². The minimum absolute atomic E-state index is 0.120. The van der Waals surface area contributed by atoms with E-state index in [2.05, 4.69) is 4.98 Å². The quantitative estimate of drug-likeness (QED) is 0.908. The fraction of sp³-hybridized carbons (Fsp3) is 0.154. The number of benzene rings is 1. The highest BCUT2D eigenvalue weighted by Gasteiger charge is 2.17. The molecule has 19 heavy (non-hydrogen) atoms. The van der Waals surface area contributed by atoms with Crippen LogP contribution in [0.25, 0.3) is 11.3 Å². The molecule has 0 saturated heterocycles. The van der Waals surface area contributed by atoms with Crippen molar-refractivity contribution in [3.63, 3.8) is 0 Å². The second kappa shape index (κ2) is 4.93. The Morgan fingerprint density at radius 1 is 1.21 bits per heavy atom.